The molecule has 0 aromatic heterocycles. The van der Waals surface area contributed by atoms with Crippen LogP contribution in [0.15, 0.2) is 18.2 Å². The molecule has 0 bridgehead atoms. The normalized spacial score (nSPS) is 10.3. The molecule has 0 aliphatic carbocycles. The fourth-order valence-electron chi connectivity index (χ4n) is 1.79. The number of hydrogen-bond acceptors (Lipinski definition) is 2. The molecule has 0 atom stereocenters. The van der Waals surface area contributed by atoms with Gasteiger partial charge in [0.2, 0.25) is 0 Å². The zero-order valence-corrected chi connectivity index (χ0v) is 8.58. The summed E-state index contributed by atoms with van der Waals surface area (Å²) in [6, 6.07) is 5.05. The van der Waals surface area contributed by atoms with Crippen LogP contribution in [0, 0.1) is 25.1 Å². The third-order valence-electron chi connectivity index (χ3n) is 2.57. The molecule has 0 heterocycles. The van der Waals surface area contributed by atoms with Gasteiger partial charge in [0.25, 0.3) is 0 Å². The second-order valence-corrected chi connectivity index (χ2v) is 3.53. The molecule has 0 aliphatic heterocycles. The number of benzene rings is 2. The zero-order valence-electron chi connectivity index (χ0n) is 8.58. The summed E-state index contributed by atoms with van der Waals surface area (Å²) >= 11 is 0. The SMILES string of the molecule is C#Cc1c(F)c(O)c(O)c2cccc(C)c12. The quantitative estimate of drug-likeness (QED) is 0.525. The van der Waals surface area contributed by atoms with Gasteiger partial charge >= 0.3 is 0 Å². The minimum absolute atomic E-state index is 0.0246. The Morgan fingerprint density at radius 1 is 1.25 bits per heavy atom. The van der Waals surface area contributed by atoms with E-state index in [1.54, 1.807) is 25.1 Å². The molecule has 3 heteroatoms. The van der Waals surface area contributed by atoms with E-state index in [0.29, 0.717) is 10.8 Å². The van der Waals surface area contributed by atoms with Gasteiger partial charge in [0.15, 0.2) is 17.3 Å². The summed E-state index contributed by atoms with van der Waals surface area (Å²) in [5.41, 5.74) is 0.725. The van der Waals surface area contributed by atoms with E-state index in [9.17, 15) is 14.6 Å². The summed E-state index contributed by atoms with van der Waals surface area (Å²) in [7, 11) is 0. The average molecular weight is 216 g/mol. The van der Waals surface area contributed by atoms with Crippen LogP contribution in [-0.4, -0.2) is 10.2 Å². The van der Waals surface area contributed by atoms with Crippen molar-refractivity contribution in [2.75, 3.05) is 0 Å². The van der Waals surface area contributed by atoms with Gasteiger partial charge in [-0.2, -0.15) is 0 Å². The van der Waals surface area contributed by atoms with Gasteiger partial charge in [0.05, 0.1) is 5.56 Å². The van der Waals surface area contributed by atoms with Crippen molar-refractivity contribution in [1.82, 2.24) is 0 Å². The molecule has 0 saturated carbocycles. The molecule has 80 valence electrons. The Hall–Kier alpha value is -2.21. The number of terminal acetylenes is 1. The first-order chi connectivity index (χ1) is 7.57. The summed E-state index contributed by atoms with van der Waals surface area (Å²) in [5, 5.41) is 19.8. The van der Waals surface area contributed by atoms with E-state index in [1.807, 2.05) is 0 Å². The van der Waals surface area contributed by atoms with Crippen LogP contribution in [0.3, 0.4) is 0 Å². The van der Waals surface area contributed by atoms with Gasteiger partial charge in [0, 0.05) is 10.8 Å². The Balaban J connectivity index is 3.13. The lowest BCUT2D eigenvalue weighted by atomic mass is 9.98. The maximum absolute atomic E-state index is 13.6. The van der Waals surface area contributed by atoms with Gasteiger partial charge < -0.3 is 10.2 Å². The lowest BCUT2D eigenvalue weighted by Gasteiger charge is -2.10. The second-order valence-electron chi connectivity index (χ2n) is 3.53. The molecule has 2 N–H and O–H groups in total. The molecule has 0 fully saturated rings. The minimum atomic E-state index is -0.957. The van der Waals surface area contributed by atoms with E-state index < -0.39 is 17.3 Å². The van der Waals surface area contributed by atoms with Crippen LogP contribution in [0.2, 0.25) is 0 Å². The Kier molecular flexibility index (Phi) is 2.21. The molecule has 0 radical (unpaired) electrons. The van der Waals surface area contributed by atoms with Crippen molar-refractivity contribution in [3.63, 3.8) is 0 Å². The third kappa shape index (κ3) is 1.20. The summed E-state index contributed by atoms with van der Waals surface area (Å²) in [5.74, 6) is -0.0323. The number of hydrogen-bond donors (Lipinski definition) is 2. The van der Waals surface area contributed by atoms with Crippen molar-refractivity contribution >= 4 is 10.8 Å². The molecule has 0 saturated heterocycles. The maximum Gasteiger partial charge on any atom is 0.196 e. The highest BCUT2D eigenvalue weighted by atomic mass is 19.1. The van der Waals surface area contributed by atoms with Crippen LogP contribution >= 0.6 is 0 Å². The van der Waals surface area contributed by atoms with E-state index in [1.165, 1.54) is 0 Å². The summed E-state index contributed by atoms with van der Waals surface area (Å²) < 4.78 is 13.6. The van der Waals surface area contributed by atoms with Crippen LogP contribution in [0.5, 0.6) is 11.5 Å². The maximum atomic E-state index is 13.6. The van der Waals surface area contributed by atoms with Crippen molar-refractivity contribution in [3.8, 4) is 23.8 Å². The van der Waals surface area contributed by atoms with Crippen LogP contribution in [-0.2, 0) is 0 Å². The Bertz CT molecular complexity index is 624. The van der Waals surface area contributed by atoms with Crippen LogP contribution in [0.4, 0.5) is 4.39 Å². The number of aromatic hydroxyl groups is 2. The highest BCUT2D eigenvalue weighted by Crippen LogP contribution is 2.39. The Labute approximate surface area is 92.0 Å². The third-order valence-corrected chi connectivity index (χ3v) is 2.57. The number of rotatable bonds is 0. The predicted molar refractivity (Wildman–Crippen MR) is 59.9 cm³/mol. The first-order valence-electron chi connectivity index (χ1n) is 4.67. The largest absolute Gasteiger partial charge is 0.504 e. The number of halogens is 1. The molecule has 0 spiro atoms. The summed E-state index contributed by atoms with van der Waals surface area (Å²) in [6.07, 6.45) is 5.22. The topological polar surface area (TPSA) is 40.5 Å². The zero-order chi connectivity index (χ0) is 11.9. The Morgan fingerprint density at radius 2 is 1.94 bits per heavy atom. The predicted octanol–water partition coefficient (Wildman–Crippen LogP) is 2.68. The molecule has 0 aliphatic rings. The number of phenolic OH excluding ortho intramolecular Hbond substituents is 2. The van der Waals surface area contributed by atoms with Gasteiger partial charge in [0.1, 0.15) is 0 Å². The van der Waals surface area contributed by atoms with E-state index in [-0.39, 0.29) is 5.56 Å². The number of aryl methyl sites for hydroxylation is 1. The molecular formula is C13H9FO2. The van der Waals surface area contributed by atoms with Gasteiger partial charge in [-0.15, -0.1) is 6.42 Å². The van der Waals surface area contributed by atoms with Gasteiger partial charge in [-0.3, -0.25) is 0 Å². The molecule has 2 aromatic carbocycles. The van der Waals surface area contributed by atoms with Gasteiger partial charge in [-0.1, -0.05) is 24.1 Å². The van der Waals surface area contributed by atoms with Crippen molar-refractivity contribution < 1.29 is 14.6 Å². The monoisotopic (exact) mass is 216 g/mol. The molecule has 0 amide bonds. The van der Waals surface area contributed by atoms with E-state index in [0.717, 1.165) is 5.56 Å². The van der Waals surface area contributed by atoms with E-state index in [2.05, 4.69) is 5.92 Å². The molecular weight excluding hydrogens is 207 g/mol. The molecule has 0 unspecified atom stereocenters. The highest BCUT2D eigenvalue weighted by molar-refractivity contribution is 5.97. The van der Waals surface area contributed by atoms with E-state index >= 15 is 0 Å². The number of fused-ring (bicyclic) bond motifs is 1. The fraction of sp³-hybridized carbons (Fsp3) is 0.0769. The summed E-state index contributed by atoms with van der Waals surface area (Å²) in [6.45, 7) is 1.76. The lowest BCUT2D eigenvalue weighted by molar-refractivity contribution is 0.382. The van der Waals surface area contributed by atoms with Crippen molar-refractivity contribution in [2.45, 2.75) is 6.92 Å². The number of phenols is 2. The van der Waals surface area contributed by atoms with Gasteiger partial charge in [-0.25, -0.2) is 4.39 Å². The van der Waals surface area contributed by atoms with Crippen LogP contribution < -0.4 is 0 Å². The van der Waals surface area contributed by atoms with Crippen molar-refractivity contribution in [1.29, 1.82) is 0 Å². The standard InChI is InChI=1S/C13H9FO2/c1-3-8-10-7(2)5-4-6-9(10)12(15)13(16)11(8)14/h1,4-6,15-16H,2H3. The average Bonchev–Trinajstić information content (AvgIpc) is 2.28. The van der Waals surface area contributed by atoms with Crippen LogP contribution in [0.1, 0.15) is 11.1 Å². The minimum Gasteiger partial charge on any atom is -0.504 e. The first-order valence-corrected chi connectivity index (χ1v) is 4.67. The van der Waals surface area contributed by atoms with Gasteiger partial charge in [-0.05, 0) is 12.5 Å². The molecule has 2 aromatic rings. The molecule has 16 heavy (non-hydrogen) atoms. The van der Waals surface area contributed by atoms with E-state index in [4.69, 9.17) is 6.42 Å². The molecule has 2 rings (SSSR count). The van der Waals surface area contributed by atoms with Crippen LogP contribution in [0.25, 0.3) is 10.8 Å². The second kappa shape index (κ2) is 3.42. The summed E-state index contributed by atoms with van der Waals surface area (Å²) in [4.78, 5) is 0. The van der Waals surface area contributed by atoms with Crippen molar-refractivity contribution in [2.24, 2.45) is 0 Å². The van der Waals surface area contributed by atoms with Crippen molar-refractivity contribution in [3.05, 3.63) is 35.1 Å². The fourth-order valence-corrected chi connectivity index (χ4v) is 1.79. The Morgan fingerprint density at radius 3 is 2.56 bits per heavy atom. The lowest BCUT2D eigenvalue weighted by Crippen LogP contribution is -1.91. The molecule has 2 nitrogen and oxygen atoms in total. The smallest absolute Gasteiger partial charge is 0.196 e. The first kappa shape index (κ1) is 10.3. The highest BCUT2D eigenvalue weighted by Gasteiger charge is 2.18.